The van der Waals surface area contributed by atoms with Crippen LogP contribution in [0.25, 0.3) is 0 Å². The van der Waals surface area contributed by atoms with Crippen molar-refractivity contribution in [2.45, 2.75) is 69.9 Å². The van der Waals surface area contributed by atoms with E-state index in [0.29, 0.717) is 32.5 Å². The second-order valence-electron chi connectivity index (χ2n) is 9.96. The van der Waals surface area contributed by atoms with Crippen LogP contribution in [0.15, 0.2) is 48.5 Å². The van der Waals surface area contributed by atoms with Crippen LogP contribution in [0.4, 0.5) is 0 Å². The molecule has 2 heterocycles. The molecule has 38 heavy (non-hydrogen) atoms. The average molecular weight is 528 g/mol. The van der Waals surface area contributed by atoms with Gasteiger partial charge in [-0.15, -0.1) is 0 Å². The number of hydrogen-bond acceptors (Lipinski definition) is 8. The third kappa shape index (κ3) is 8.07. The fraction of sp³-hybridized carbons (Fsp3) is 0.500. The second kappa shape index (κ2) is 13.8. The van der Waals surface area contributed by atoms with Gasteiger partial charge in [-0.3, -0.25) is 19.7 Å². The molecular formula is C28H37N3O7. The third-order valence-corrected chi connectivity index (χ3v) is 7.00. The van der Waals surface area contributed by atoms with Crippen LogP contribution in [0.1, 0.15) is 66.8 Å². The first-order chi connectivity index (χ1) is 18.4. The van der Waals surface area contributed by atoms with Crippen LogP contribution in [-0.4, -0.2) is 64.0 Å². The lowest BCUT2D eigenvalue weighted by Crippen LogP contribution is -2.38. The fourth-order valence-electron chi connectivity index (χ4n) is 4.85. The van der Waals surface area contributed by atoms with E-state index in [-0.39, 0.29) is 43.7 Å². The van der Waals surface area contributed by atoms with Gasteiger partial charge in [0.2, 0.25) is 11.8 Å². The van der Waals surface area contributed by atoms with Crippen molar-refractivity contribution in [3.05, 3.63) is 70.8 Å². The van der Waals surface area contributed by atoms with E-state index in [1.165, 1.54) is 0 Å². The number of β-amino-alcohol motifs (C(OH)–C–C–N with tert-alkyl or cyclic N) is 1. The summed E-state index contributed by atoms with van der Waals surface area (Å²) < 4.78 is 12.8. The van der Waals surface area contributed by atoms with Crippen molar-refractivity contribution in [2.75, 3.05) is 19.6 Å². The number of hydroxylamine groups is 1. The summed E-state index contributed by atoms with van der Waals surface area (Å²) in [6.45, 7) is 2.56. The fourth-order valence-corrected chi connectivity index (χ4v) is 4.85. The summed E-state index contributed by atoms with van der Waals surface area (Å²) in [7, 11) is 0. The number of hydrogen-bond donors (Lipinski definition) is 5. The molecule has 4 atom stereocenters. The van der Waals surface area contributed by atoms with Gasteiger partial charge in [0.1, 0.15) is 0 Å². The van der Waals surface area contributed by atoms with Gasteiger partial charge in [-0.1, -0.05) is 48.5 Å². The van der Waals surface area contributed by atoms with Crippen molar-refractivity contribution < 1.29 is 34.5 Å². The molecule has 2 aromatic rings. The smallest absolute Gasteiger partial charge is 0.243 e. The van der Waals surface area contributed by atoms with Crippen LogP contribution < -0.4 is 10.8 Å². The van der Waals surface area contributed by atoms with Crippen LogP contribution in [0, 0.1) is 0 Å². The molecular weight excluding hydrogens is 490 g/mol. The Morgan fingerprint density at radius 2 is 1.63 bits per heavy atom. The minimum atomic E-state index is -0.565. The molecule has 4 rings (SSSR count). The number of carbonyl (C=O) groups is 2. The molecule has 0 aromatic heterocycles. The highest BCUT2D eigenvalue weighted by Gasteiger charge is 2.34. The Labute approximate surface area is 222 Å². The van der Waals surface area contributed by atoms with Gasteiger partial charge in [-0.05, 0) is 29.5 Å². The number of nitrogens with one attached hydrogen (secondary N) is 2. The molecule has 2 aliphatic rings. The molecule has 0 unspecified atom stereocenters. The quantitative estimate of drug-likeness (QED) is 0.221. The Hall–Kier alpha value is -2.86. The largest absolute Gasteiger partial charge is 0.392 e. The molecule has 2 aromatic carbocycles. The molecule has 2 fully saturated rings. The highest BCUT2D eigenvalue weighted by Crippen LogP contribution is 2.38. The Kier molecular flexibility index (Phi) is 10.2. The Bertz CT molecular complexity index is 1050. The summed E-state index contributed by atoms with van der Waals surface area (Å²) >= 11 is 0. The predicted molar refractivity (Wildman–Crippen MR) is 138 cm³/mol. The van der Waals surface area contributed by atoms with E-state index >= 15 is 0 Å². The third-order valence-electron chi connectivity index (χ3n) is 7.00. The zero-order valence-electron chi connectivity index (χ0n) is 21.4. The Balaban J connectivity index is 1.37. The lowest BCUT2D eigenvalue weighted by molar-refractivity contribution is -0.252. The Morgan fingerprint density at radius 1 is 0.947 bits per heavy atom. The topological polar surface area (TPSA) is 141 Å². The number of ether oxygens (including phenoxy) is 2. The number of carbonyl (C=O) groups excluding carboxylic acids is 2. The number of rotatable bonds is 11. The molecule has 2 amide bonds. The molecule has 10 nitrogen and oxygen atoms in total. The monoisotopic (exact) mass is 527 g/mol. The van der Waals surface area contributed by atoms with Crippen molar-refractivity contribution in [3.63, 3.8) is 0 Å². The maximum absolute atomic E-state index is 12.0. The molecule has 2 aliphatic heterocycles. The highest BCUT2D eigenvalue weighted by molar-refractivity contribution is 5.78. The van der Waals surface area contributed by atoms with Crippen molar-refractivity contribution in [3.8, 4) is 0 Å². The van der Waals surface area contributed by atoms with Gasteiger partial charge in [-0.2, -0.15) is 0 Å². The van der Waals surface area contributed by atoms with Crippen molar-refractivity contribution in [2.24, 2.45) is 0 Å². The number of aliphatic hydroxyl groups excluding tert-OH is 2. The molecule has 2 saturated heterocycles. The second-order valence-corrected chi connectivity index (χ2v) is 9.96. The van der Waals surface area contributed by atoms with Gasteiger partial charge in [0.15, 0.2) is 6.29 Å². The molecule has 0 aliphatic carbocycles. The van der Waals surface area contributed by atoms with E-state index in [9.17, 15) is 19.8 Å². The minimum absolute atomic E-state index is 0.00881. The van der Waals surface area contributed by atoms with Gasteiger partial charge in [0, 0.05) is 51.0 Å². The van der Waals surface area contributed by atoms with E-state index in [4.69, 9.17) is 14.7 Å². The zero-order chi connectivity index (χ0) is 26.9. The van der Waals surface area contributed by atoms with Gasteiger partial charge >= 0.3 is 0 Å². The first kappa shape index (κ1) is 28.2. The van der Waals surface area contributed by atoms with E-state index in [0.717, 1.165) is 35.2 Å². The van der Waals surface area contributed by atoms with Gasteiger partial charge in [-0.25, -0.2) is 5.48 Å². The van der Waals surface area contributed by atoms with Crippen molar-refractivity contribution >= 4 is 11.8 Å². The number of nitrogens with zero attached hydrogens (tertiary/aromatic N) is 1. The molecule has 10 heteroatoms. The van der Waals surface area contributed by atoms with Crippen molar-refractivity contribution in [1.82, 2.24) is 15.7 Å². The van der Waals surface area contributed by atoms with Crippen LogP contribution in [0.5, 0.6) is 0 Å². The lowest BCUT2D eigenvalue weighted by atomic mass is 9.99. The summed E-state index contributed by atoms with van der Waals surface area (Å²) in [5, 5.41) is 30.7. The van der Waals surface area contributed by atoms with E-state index in [2.05, 4.69) is 10.2 Å². The summed E-state index contributed by atoms with van der Waals surface area (Å²) in [4.78, 5) is 25.3. The lowest BCUT2D eigenvalue weighted by Gasteiger charge is -2.37. The normalized spacial score (nSPS) is 23.8. The van der Waals surface area contributed by atoms with Gasteiger partial charge < -0.3 is 25.0 Å². The average Bonchev–Trinajstić information content (AvgIpc) is 3.36. The zero-order valence-corrected chi connectivity index (χ0v) is 21.4. The SMILES string of the molecule is O=C(CCCC(=O)NCc1ccc([C@@H]2O[C@H](CN3CC[C@H](O)C3)C[C@H](c3ccc(CO)cc3)O2)cc1)NO. The van der Waals surface area contributed by atoms with Crippen LogP contribution >= 0.6 is 0 Å². The predicted octanol–water partition coefficient (Wildman–Crippen LogP) is 2.08. The van der Waals surface area contributed by atoms with E-state index < -0.39 is 12.2 Å². The number of aliphatic hydroxyl groups is 2. The summed E-state index contributed by atoms with van der Waals surface area (Å²) in [5.74, 6) is -0.672. The molecule has 206 valence electrons. The highest BCUT2D eigenvalue weighted by atomic mass is 16.7. The number of benzene rings is 2. The van der Waals surface area contributed by atoms with Crippen LogP contribution in [0.3, 0.4) is 0 Å². The number of amides is 2. The molecule has 0 spiro atoms. The first-order valence-electron chi connectivity index (χ1n) is 13.1. The van der Waals surface area contributed by atoms with E-state index in [1.807, 2.05) is 48.5 Å². The molecule has 0 radical (unpaired) electrons. The van der Waals surface area contributed by atoms with Crippen LogP contribution in [-0.2, 0) is 32.2 Å². The molecule has 0 bridgehead atoms. The standard InChI is InChI=1S/C28H37N3O7/c32-18-20-6-8-21(9-7-20)25-14-24(17-31-13-12-23(33)16-31)37-28(38-25)22-10-4-19(5-11-22)15-29-26(34)2-1-3-27(35)30-36/h4-11,23-25,28,32-33,36H,1-3,12-18H2,(H,29,34)(H,30,35)/t23-,24-,25+,28+/m0/s1. The first-order valence-corrected chi connectivity index (χ1v) is 13.1. The summed E-state index contributed by atoms with van der Waals surface area (Å²) in [6.07, 6.45) is 0.997. The molecule has 5 N–H and O–H groups in total. The summed E-state index contributed by atoms with van der Waals surface area (Å²) in [6, 6.07) is 15.5. The van der Waals surface area contributed by atoms with Gasteiger partial charge in [0.25, 0.3) is 0 Å². The summed E-state index contributed by atoms with van der Waals surface area (Å²) in [5.41, 5.74) is 5.22. The minimum Gasteiger partial charge on any atom is -0.392 e. The van der Waals surface area contributed by atoms with Crippen molar-refractivity contribution in [1.29, 1.82) is 0 Å². The van der Waals surface area contributed by atoms with Crippen LogP contribution in [0.2, 0.25) is 0 Å². The van der Waals surface area contributed by atoms with Gasteiger partial charge in [0.05, 0.1) is 24.9 Å². The maximum Gasteiger partial charge on any atom is 0.243 e. The Morgan fingerprint density at radius 3 is 2.29 bits per heavy atom. The van der Waals surface area contributed by atoms with E-state index in [1.54, 1.807) is 5.48 Å². The molecule has 0 saturated carbocycles. The number of likely N-dealkylation sites (tertiary alicyclic amines) is 1. The maximum atomic E-state index is 12.0.